The molecule has 3 aromatic rings. The Balaban J connectivity index is 1.89. The molecule has 0 bridgehead atoms. The number of rotatable bonds is 6. The molecule has 0 radical (unpaired) electrons. The first kappa shape index (κ1) is 17.0. The zero-order valence-corrected chi connectivity index (χ0v) is 14.3. The highest BCUT2D eigenvalue weighted by Gasteiger charge is 2.19. The summed E-state index contributed by atoms with van der Waals surface area (Å²) < 4.78 is 1.64. The van der Waals surface area contributed by atoms with E-state index in [0.717, 1.165) is 16.6 Å². The molecule has 0 aliphatic carbocycles. The summed E-state index contributed by atoms with van der Waals surface area (Å²) in [5, 5.41) is 21.0. The molecule has 130 valence electrons. The quantitative estimate of drug-likeness (QED) is 0.717. The van der Waals surface area contributed by atoms with Crippen molar-refractivity contribution in [3.05, 3.63) is 47.9 Å². The summed E-state index contributed by atoms with van der Waals surface area (Å²) in [4.78, 5) is 16.9. The Kier molecular flexibility index (Phi) is 5.04. The Morgan fingerprint density at radius 3 is 2.92 bits per heavy atom. The third-order valence-corrected chi connectivity index (χ3v) is 4.12. The maximum atomic E-state index is 12.4. The third-order valence-electron chi connectivity index (χ3n) is 4.12. The largest absolute Gasteiger partial charge is 0.396 e. The maximum absolute atomic E-state index is 12.4. The molecule has 0 saturated heterocycles. The number of aliphatic hydroxyl groups is 1. The number of para-hydroxylation sites is 1. The number of nitrogens with one attached hydrogen (secondary N) is 1. The summed E-state index contributed by atoms with van der Waals surface area (Å²) in [6.45, 7) is 3.83. The number of carbonyl (C=O) groups is 1. The molecule has 0 aliphatic heterocycles. The Hall–Kier alpha value is -2.80. The first-order chi connectivity index (χ1) is 12.1. The molecule has 2 N–H and O–H groups in total. The van der Waals surface area contributed by atoms with Gasteiger partial charge in [-0.25, -0.2) is 4.68 Å². The zero-order valence-electron chi connectivity index (χ0n) is 14.3. The van der Waals surface area contributed by atoms with E-state index in [1.807, 2.05) is 44.2 Å². The van der Waals surface area contributed by atoms with Gasteiger partial charge in [-0.15, -0.1) is 5.10 Å². The normalized spacial score (nSPS) is 12.3. The molecule has 7 nitrogen and oxygen atoms in total. The van der Waals surface area contributed by atoms with Gasteiger partial charge in [0.25, 0.3) is 5.91 Å². The van der Waals surface area contributed by atoms with E-state index in [4.69, 9.17) is 5.11 Å². The van der Waals surface area contributed by atoms with Crippen LogP contribution in [0.4, 0.5) is 0 Å². The number of hydrogen-bond donors (Lipinski definition) is 2. The minimum absolute atomic E-state index is 0.0385. The van der Waals surface area contributed by atoms with Crippen LogP contribution < -0.4 is 5.32 Å². The molecule has 0 aliphatic rings. The topological polar surface area (TPSA) is 92.9 Å². The van der Waals surface area contributed by atoms with Crippen molar-refractivity contribution in [2.24, 2.45) is 0 Å². The number of benzene rings is 1. The van der Waals surface area contributed by atoms with E-state index in [1.165, 1.54) is 0 Å². The second-order valence-corrected chi connectivity index (χ2v) is 6.03. The fourth-order valence-electron chi connectivity index (χ4n) is 2.79. The lowest BCUT2D eigenvalue weighted by molar-refractivity contribution is 0.0930. The van der Waals surface area contributed by atoms with Crippen LogP contribution in [-0.4, -0.2) is 43.6 Å². The van der Waals surface area contributed by atoms with Crippen molar-refractivity contribution >= 4 is 16.8 Å². The van der Waals surface area contributed by atoms with Crippen LogP contribution in [0.3, 0.4) is 0 Å². The summed E-state index contributed by atoms with van der Waals surface area (Å²) >= 11 is 0. The van der Waals surface area contributed by atoms with Gasteiger partial charge in [0, 0.05) is 24.2 Å². The Morgan fingerprint density at radius 2 is 2.12 bits per heavy atom. The number of nitrogens with zero attached hydrogens (tertiary/aromatic N) is 4. The molecule has 1 aromatic carbocycles. The monoisotopic (exact) mass is 339 g/mol. The van der Waals surface area contributed by atoms with Gasteiger partial charge >= 0.3 is 0 Å². The van der Waals surface area contributed by atoms with Crippen molar-refractivity contribution in [3.63, 3.8) is 0 Å². The predicted molar refractivity (Wildman–Crippen MR) is 94.6 cm³/mol. The molecule has 1 amide bonds. The summed E-state index contributed by atoms with van der Waals surface area (Å²) in [6.07, 6.45) is 3.09. The van der Waals surface area contributed by atoms with Crippen molar-refractivity contribution in [1.82, 2.24) is 25.3 Å². The smallest absolute Gasteiger partial charge is 0.273 e. The lowest BCUT2D eigenvalue weighted by Crippen LogP contribution is -2.33. The van der Waals surface area contributed by atoms with E-state index < -0.39 is 0 Å². The minimum Gasteiger partial charge on any atom is -0.396 e. The van der Waals surface area contributed by atoms with Gasteiger partial charge in [-0.1, -0.05) is 23.4 Å². The first-order valence-electron chi connectivity index (χ1n) is 8.30. The van der Waals surface area contributed by atoms with E-state index >= 15 is 0 Å². The van der Waals surface area contributed by atoms with E-state index in [-0.39, 0.29) is 18.6 Å². The lowest BCUT2D eigenvalue weighted by atomic mass is 10.1. The SMILES string of the molecule is Cc1c(C(=O)NC(C)CCCO)nnn1-c1cccc2cccnc12. The van der Waals surface area contributed by atoms with Gasteiger partial charge in [0.15, 0.2) is 5.69 Å². The van der Waals surface area contributed by atoms with Gasteiger partial charge in [-0.2, -0.15) is 0 Å². The number of amides is 1. The fourth-order valence-corrected chi connectivity index (χ4v) is 2.79. The molecule has 0 spiro atoms. The van der Waals surface area contributed by atoms with E-state index in [9.17, 15) is 4.79 Å². The van der Waals surface area contributed by atoms with Crippen LogP contribution in [0.15, 0.2) is 36.5 Å². The van der Waals surface area contributed by atoms with Gasteiger partial charge in [0.05, 0.1) is 16.9 Å². The lowest BCUT2D eigenvalue weighted by Gasteiger charge is -2.12. The maximum Gasteiger partial charge on any atom is 0.273 e. The second-order valence-electron chi connectivity index (χ2n) is 6.03. The highest BCUT2D eigenvalue weighted by atomic mass is 16.3. The molecule has 1 unspecified atom stereocenters. The highest BCUT2D eigenvalue weighted by molar-refractivity contribution is 5.94. The van der Waals surface area contributed by atoms with Gasteiger partial charge in [0.2, 0.25) is 0 Å². The molecule has 0 saturated carbocycles. The molecular weight excluding hydrogens is 318 g/mol. The Morgan fingerprint density at radius 1 is 1.32 bits per heavy atom. The van der Waals surface area contributed by atoms with Gasteiger partial charge < -0.3 is 10.4 Å². The first-order valence-corrected chi connectivity index (χ1v) is 8.30. The van der Waals surface area contributed by atoms with Crippen LogP contribution in [0.5, 0.6) is 0 Å². The second kappa shape index (κ2) is 7.40. The predicted octanol–water partition coefficient (Wildman–Crippen LogP) is 2.01. The molecule has 3 rings (SSSR count). The molecule has 25 heavy (non-hydrogen) atoms. The summed E-state index contributed by atoms with van der Waals surface area (Å²) in [7, 11) is 0. The Bertz CT molecular complexity index is 885. The number of hydrogen-bond acceptors (Lipinski definition) is 5. The van der Waals surface area contributed by atoms with Crippen LogP contribution in [-0.2, 0) is 0 Å². The van der Waals surface area contributed by atoms with Crippen LogP contribution in [0.1, 0.15) is 35.9 Å². The van der Waals surface area contributed by atoms with Crippen LogP contribution >= 0.6 is 0 Å². The molecule has 0 fully saturated rings. The summed E-state index contributed by atoms with van der Waals surface area (Å²) in [6, 6.07) is 9.64. The highest BCUT2D eigenvalue weighted by Crippen LogP contribution is 2.21. The van der Waals surface area contributed by atoms with Crippen molar-refractivity contribution in [2.45, 2.75) is 32.7 Å². The summed E-state index contributed by atoms with van der Waals surface area (Å²) in [5.74, 6) is -0.262. The van der Waals surface area contributed by atoms with Crippen LogP contribution in [0, 0.1) is 6.92 Å². The van der Waals surface area contributed by atoms with E-state index in [1.54, 1.807) is 10.9 Å². The third kappa shape index (κ3) is 3.51. The average molecular weight is 339 g/mol. The van der Waals surface area contributed by atoms with E-state index in [0.29, 0.717) is 24.2 Å². The number of aliphatic hydroxyl groups excluding tert-OH is 1. The van der Waals surface area contributed by atoms with Crippen molar-refractivity contribution in [2.75, 3.05) is 6.61 Å². The van der Waals surface area contributed by atoms with Crippen LogP contribution in [0.2, 0.25) is 0 Å². The molecule has 2 heterocycles. The van der Waals surface area contributed by atoms with Crippen molar-refractivity contribution in [1.29, 1.82) is 0 Å². The zero-order chi connectivity index (χ0) is 17.8. The van der Waals surface area contributed by atoms with E-state index in [2.05, 4.69) is 20.6 Å². The number of pyridine rings is 1. The van der Waals surface area contributed by atoms with Gasteiger partial charge in [0.1, 0.15) is 0 Å². The average Bonchev–Trinajstić information content (AvgIpc) is 3.01. The molecule has 2 aromatic heterocycles. The molecule has 1 atom stereocenters. The van der Waals surface area contributed by atoms with Gasteiger partial charge in [-0.3, -0.25) is 9.78 Å². The number of carbonyl (C=O) groups excluding carboxylic acids is 1. The number of fused-ring (bicyclic) bond motifs is 1. The van der Waals surface area contributed by atoms with Crippen molar-refractivity contribution in [3.8, 4) is 5.69 Å². The standard InChI is InChI=1S/C18H21N5O2/c1-12(6-5-11-24)20-18(25)16-13(2)23(22-21-16)15-9-3-7-14-8-4-10-19-17(14)15/h3-4,7-10,12,24H,5-6,11H2,1-2H3,(H,20,25). The minimum atomic E-state index is -0.262. The molecular formula is C18H21N5O2. The molecule has 7 heteroatoms. The van der Waals surface area contributed by atoms with Crippen LogP contribution in [0.25, 0.3) is 16.6 Å². The summed E-state index contributed by atoms with van der Waals surface area (Å²) in [5.41, 5.74) is 2.55. The Labute approximate surface area is 145 Å². The van der Waals surface area contributed by atoms with Gasteiger partial charge in [-0.05, 0) is 38.8 Å². The van der Waals surface area contributed by atoms with Crippen molar-refractivity contribution < 1.29 is 9.90 Å². The number of aromatic nitrogens is 4. The fraction of sp³-hybridized carbons (Fsp3) is 0.333.